The molecule has 0 spiro atoms. The molecule has 110 valence electrons. The van der Waals surface area contributed by atoms with Crippen molar-refractivity contribution in [1.82, 2.24) is 19.6 Å². The SMILES string of the molecule is Cn1cc(C2=CN(CF)N(CF)C2CF)nc1C(N)=O. The van der Waals surface area contributed by atoms with Crippen molar-refractivity contribution < 1.29 is 18.0 Å². The Morgan fingerprint density at radius 3 is 2.55 bits per heavy atom. The average molecular weight is 289 g/mol. The van der Waals surface area contributed by atoms with Crippen LogP contribution in [0.1, 0.15) is 16.3 Å². The van der Waals surface area contributed by atoms with Gasteiger partial charge in [0.25, 0.3) is 5.91 Å². The molecule has 1 unspecified atom stereocenters. The van der Waals surface area contributed by atoms with E-state index in [1.165, 1.54) is 17.0 Å². The number of amides is 1. The Labute approximate surface area is 113 Å². The average Bonchev–Trinajstić information content (AvgIpc) is 2.97. The van der Waals surface area contributed by atoms with E-state index in [1.54, 1.807) is 7.05 Å². The van der Waals surface area contributed by atoms with Crippen LogP contribution in [0.5, 0.6) is 0 Å². The summed E-state index contributed by atoms with van der Waals surface area (Å²) in [5, 5.41) is 1.84. The third kappa shape index (κ3) is 2.24. The molecule has 1 aliphatic heterocycles. The van der Waals surface area contributed by atoms with Crippen LogP contribution in [0.2, 0.25) is 0 Å². The second-order valence-corrected chi connectivity index (χ2v) is 4.30. The van der Waals surface area contributed by atoms with Gasteiger partial charge in [-0.3, -0.25) is 9.80 Å². The molecule has 1 aromatic rings. The van der Waals surface area contributed by atoms with Crippen LogP contribution in [0.15, 0.2) is 12.4 Å². The van der Waals surface area contributed by atoms with Crippen LogP contribution in [0.3, 0.4) is 0 Å². The number of rotatable bonds is 5. The first-order valence-electron chi connectivity index (χ1n) is 5.79. The Bertz CT molecular complexity index is 544. The zero-order valence-corrected chi connectivity index (χ0v) is 10.8. The number of nitrogens with zero attached hydrogens (tertiary/aromatic N) is 4. The first-order valence-corrected chi connectivity index (χ1v) is 5.79. The van der Waals surface area contributed by atoms with Gasteiger partial charge in [-0.25, -0.2) is 18.2 Å². The largest absolute Gasteiger partial charge is 0.363 e. The van der Waals surface area contributed by atoms with Gasteiger partial charge in [-0.05, 0) is 0 Å². The van der Waals surface area contributed by atoms with Crippen LogP contribution < -0.4 is 5.73 Å². The molecule has 2 rings (SSSR count). The van der Waals surface area contributed by atoms with Crippen molar-refractivity contribution in [2.24, 2.45) is 12.8 Å². The van der Waals surface area contributed by atoms with Gasteiger partial charge >= 0.3 is 0 Å². The summed E-state index contributed by atoms with van der Waals surface area (Å²) >= 11 is 0. The van der Waals surface area contributed by atoms with Crippen molar-refractivity contribution in [3.8, 4) is 0 Å². The molecule has 9 heteroatoms. The highest BCUT2D eigenvalue weighted by molar-refractivity contribution is 5.90. The maximum Gasteiger partial charge on any atom is 0.284 e. The van der Waals surface area contributed by atoms with Crippen LogP contribution in [-0.2, 0) is 7.05 Å². The van der Waals surface area contributed by atoms with Crippen molar-refractivity contribution in [2.75, 3.05) is 20.3 Å². The highest BCUT2D eigenvalue weighted by atomic mass is 19.1. The second-order valence-electron chi connectivity index (χ2n) is 4.30. The normalized spacial score (nSPS) is 19.5. The molecule has 2 N–H and O–H groups in total. The van der Waals surface area contributed by atoms with Crippen molar-refractivity contribution in [3.63, 3.8) is 0 Å². The summed E-state index contributed by atoms with van der Waals surface area (Å²) in [5.41, 5.74) is 5.70. The second kappa shape index (κ2) is 5.53. The number of alkyl halides is 3. The van der Waals surface area contributed by atoms with E-state index in [4.69, 9.17) is 5.73 Å². The molecule has 0 aliphatic carbocycles. The fourth-order valence-corrected chi connectivity index (χ4v) is 2.15. The summed E-state index contributed by atoms with van der Waals surface area (Å²) < 4.78 is 40.2. The van der Waals surface area contributed by atoms with E-state index in [1.807, 2.05) is 0 Å². The van der Waals surface area contributed by atoms with E-state index >= 15 is 0 Å². The molecule has 1 aromatic heterocycles. The number of primary amides is 1. The first-order chi connectivity index (χ1) is 9.53. The lowest BCUT2D eigenvalue weighted by Crippen LogP contribution is -2.41. The molecule has 1 amide bonds. The number of hydrazine groups is 1. The first kappa shape index (κ1) is 14.4. The number of carbonyl (C=O) groups excluding carboxylic acids is 1. The minimum absolute atomic E-state index is 0.0102. The van der Waals surface area contributed by atoms with E-state index in [0.717, 1.165) is 10.0 Å². The van der Waals surface area contributed by atoms with E-state index in [-0.39, 0.29) is 11.5 Å². The molecule has 0 fully saturated rings. The molecule has 1 atom stereocenters. The van der Waals surface area contributed by atoms with Gasteiger partial charge in [0.2, 0.25) is 0 Å². The lowest BCUT2D eigenvalue weighted by Gasteiger charge is -2.27. The molecule has 0 saturated carbocycles. The number of aryl methyl sites for hydroxylation is 1. The zero-order chi connectivity index (χ0) is 14.9. The van der Waals surface area contributed by atoms with E-state index in [0.29, 0.717) is 5.57 Å². The van der Waals surface area contributed by atoms with Crippen molar-refractivity contribution in [1.29, 1.82) is 0 Å². The zero-order valence-electron chi connectivity index (χ0n) is 10.8. The highest BCUT2D eigenvalue weighted by Gasteiger charge is 2.35. The summed E-state index contributed by atoms with van der Waals surface area (Å²) in [7, 11) is 1.55. The Hall–Kier alpha value is -2.03. The van der Waals surface area contributed by atoms with Gasteiger partial charge in [-0.1, -0.05) is 0 Å². The smallest absolute Gasteiger partial charge is 0.284 e. The lowest BCUT2D eigenvalue weighted by atomic mass is 10.1. The monoisotopic (exact) mass is 289 g/mol. The number of halogens is 3. The summed E-state index contributed by atoms with van der Waals surface area (Å²) in [5.74, 6) is -0.747. The molecule has 1 aliphatic rings. The number of hydrogen-bond donors (Lipinski definition) is 1. The molecule has 0 aromatic carbocycles. The van der Waals surface area contributed by atoms with Gasteiger partial charge in [-0.2, -0.15) is 5.01 Å². The summed E-state index contributed by atoms with van der Waals surface area (Å²) in [4.78, 5) is 15.1. The van der Waals surface area contributed by atoms with E-state index in [9.17, 15) is 18.0 Å². The molecule has 2 heterocycles. The van der Waals surface area contributed by atoms with E-state index in [2.05, 4.69) is 4.98 Å². The fraction of sp³-hybridized carbons (Fsp3) is 0.455. The number of carbonyl (C=O) groups is 1. The standard InChI is InChI=1S/C11H14F3N5O/c1-17-4-8(16-11(17)10(15)20)7-3-18(5-13)19(6-14)9(7)2-12/h3-4,9H,2,5-6H2,1H3,(H2,15,20). The molecule has 0 bridgehead atoms. The van der Waals surface area contributed by atoms with Crippen LogP contribution >= 0.6 is 0 Å². The van der Waals surface area contributed by atoms with Gasteiger partial charge in [0.1, 0.15) is 6.67 Å². The third-order valence-electron chi connectivity index (χ3n) is 3.12. The van der Waals surface area contributed by atoms with Crippen LogP contribution in [0.25, 0.3) is 5.57 Å². The molecular weight excluding hydrogens is 275 g/mol. The fourth-order valence-electron chi connectivity index (χ4n) is 2.15. The van der Waals surface area contributed by atoms with Crippen LogP contribution in [-0.4, -0.2) is 51.8 Å². The van der Waals surface area contributed by atoms with Crippen molar-refractivity contribution in [2.45, 2.75) is 6.04 Å². The Kier molecular flexibility index (Phi) is 3.98. The number of imidazole rings is 1. The molecular formula is C11H14F3N5O. The minimum Gasteiger partial charge on any atom is -0.363 e. The van der Waals surface area contributed by atoms with Crippen molar-refractivity contribution >= 4 is 11.5 Å². The summed E-state index contributed by atoms with van der Waals surface area (Å²) in [6.07, 6.45) is 2.74. The quantitative estimate of drug-likeness (QED) is 0.805. The molecule has 20 heavy (non-hydrogen) atoms. The summed E-state index contributed by atoms with van der Waals surface area (Å²) in [6.45, 7) is -2.93. The topological polar surface area (TPSA) is 67.4 Å². The maximum absolute atomic E-state index is 13.1. The van der Waals surface area contributed by atoms with Gasteiger partial charge in [0.05, 0.1) is 11.7 Å². The number of hydrogen-bond acceptors (Lipinski definition) is 4. The molecule has 6 nitrogen and oxygen atoms in total. The van der Waals surface area contributed by atoms with E-state index < -0.39 is 32.2 Å². The van der Waals surface area contributed by atoms with Crippen LogP contribution in [0.4, 0.5) is 13.2 Å². The van der Waals surface area contributed by atoms with Gasteiger partial charge in [0.15, 0.2) is 19.4 Å². The Balaban J connectivity index is 2.40. The van der Waals surface area contributed by atoms with Gasteiger partial charge in [-0.15, -0.1) is 0 Å². The van der Waals surface area contributed by atoms with Crippen molar-refractivity contribution in [3.05, 3.63) is 23.9 Å². The third-order valence-corrected chi connectivity index (χ3v) is 3.12. The number of aromatic nitrogens is 2. The maximum atomic E-state index is 13.1. The Morgan fingerprint density at radius 2 is 2.10 bits per heavy atom. The Morgan fingerprint density at radius 1 is 1.40 bits per heavy atom. The minimum atomic E-state index is -1.03. The highest BCUT2D eigenvalue weighted by Crippen LogP contribution is 2.30. The number of nitrogens with two attached hydrogens (primary N) is 1. The van der Waals surface area contributed by atoms with Crippen LogP contribution in [0, 0.1) is 0 Å². The van der Waals surface area contributed by atoms with Gasteiger partial charge in [0, 0.05) is 25.0 Å². The predicted octanol–water partition coefficient (Wildman–Crippen LogP) is 0.585. The van der Waals surface area contributed by atoms with Gasteiger partial charge < -0.3 is 10.3 Å². The molecule has 0 radical (unpaired) electrons. The predicted molar refractivity (Wildman–Crippen MR) is 65.1 cm³/mol. The lowest BCUT2D eigenvalue weighted by molar-refractivity contribution is -0.0499. The molecule has 0 saturated heterocycles. The summed E-state index contributed by atoms with van der Waals surface area (Å²) in [6, 6.07) is -0.980.